The van der Waals surface area contributed by atoms with E-state index in [0.717, 1.165) is 154 Å². The summed E-state index contributed by atoms with van der Waals surface area (Å²) in [5.41, 5.74) is 0. The number of aliphatic hydroxyl groups is 1. The highest BCUT2D eigenvalue weighted by Gasteiger charge is 2.28. The van der Waals surface area contributed by atoms with Crippen molar-refractivity contribution in [2.24, 2.45) is 0 Å². The number of hydrogen-bond acceptors (Lipinski definition) is 10. The Hall–Kier alpha value is -3.60. The number of carbonyl (C=O) groups is 3. The van der Waals surface area contributed by atoms with Crippen molar-refractivity contribution in [3.8, 4) is 0 Å². The molecule has 436 valence electrons. The second kappa shape index (κ2) is 57.6. The maximum atomic E-state index is 12.9. The van der Waals surface area contributed by atoms with Crippen molar-refractivity contribution in [1.29, 1.82) is 0 Å². The Labute approximate surface area is 463 Å². The van der Waals surface area contributed by atoms with E-state index in [1.807, 2.05) is 0 Å². The second-order valence-corrected chi connectivity index (χ2v) is 21.2. The van der Waals surface area contributed by atoms with Crippen molar-refractivity contribution in [2.45, 2.75) is 264 Å². The monoisotopic (exact) mass is 1080 g/mol. The molecule has 0 aromatic heterocycles. The topological polar surface area (TPSA) is 155 Å². The zero-order valence-electron chi connectivity index (χ0n) is 48.2. The van der Waals surface area contributed by atoms with Gasteiger partial charge in [-0.25, -0.2) is 4.57 Å². The van der Waals surface area contributed by atoms with Crippen molar-refractivity contribution in [3.05, 3.63) is 97.2 Å². The molecule has 0 rings (SSSR count). The van der Waals surface area contributed by atoms with Crippen LogP contribution in [0.2, 0.25) is 0 Å². The fraction of sp³-hybridized carbons (Fsp3) is 0.703. The molecule has 2 N–H and O–H groups in total. The van der Waals surface area contributed by atoms with Crippen LogP contribution in [0.1, 0.15) is 252 Å². The van der Waals surface area contributed by atoms with Gasteiger partial charge < -0.3 is 24.2 Å². The third-order valence-corrected chi connectivity index (χ3v) is 13.4. The van der Waals surface area contributed by atoms with E-state index < -0.39 is 57.8 Å². The van der Waals surface area contributed by atoms with Crippen LogP contribution in [0.5, 0.6) is 0 Å². The molecule has 3 unspecified atom stereocenters. The Morgan fingerprint density at radius 3 is 1.07 bits per heavy atom. The lowest BCUT2D eigenvalue weighted by Gasteiger charge is -2.21. The van der Waals surface area contributed by atoms with Crippen LogP contribution < -0.4 is 0 Å². The Balaban J connectivity index is 4.78. The SMILES string of the molecule is CC/C=C\C/C=C\C/C=C\C/C=C\CCCCCCCCC(=O)OC(COC(=O)CCCCCCCCC/C=C\C/C=C\C/C=C\CC)COP(=O)(O)OCC(CO)OC(=O)CCCCCCC/C=C\CCCCCC. The maximum Gasteiger partial charge on any atom is 0.472 e. The molecule has 0 aromatic rings. The highest BCUT2D eigenvalue weighted by Crippen LogP contribution is 2.43. The summed E-state index contributed by atoms with van der Waals surface area (Å²) in [6.07, 6.45) is 67.8. The Kier molecular flexibility index (Phi) is 54.8. The fourth-order valence-corrected chi connectivity index (χ4v) is 8.73. The summed E-state index contributed by atoms with van der Waals surface area (Å²) < 4.78 is 39.6. The van der Waals surface area contributed by atoms with Gasteiger partial charge in [0.2, 0.25) is 0 Å². The zero-order chi connectivity index (χ0) is 55.5. The summed E-state index contributed by atoms with van der Waals surface area (Å²) >= 11 is 0. The van der Waals surface area contributed by atoms with Crippen LogP contribution in [0.25, 0.3) is 0 Å². The van der Waals surface area contributed by atoms with Crippen LogP contribution in [0, 0.1) is 0 Å². The first-order valence-corrected chi connectivity index (χ1v) is 31.6. The normalized spacial score (nSPS) is 14.0. The lowest BCUT2D eigenvalue weighted by Crippen LogP contribution is -2.30. The van der Waals surface area contributed by atoms with Crippen LogP contribution in [-0.2, 0) is 42.2 Å². The van der Waals surface area contributed by atoms with Gasteiger partial charge in [0.25, 0.3) is 0 Å². The van der Waals surface area contributed by atoms with E-state index in [0.29, 0.717) is 19.3 Å². The molecule has 12 heteroatoms. The average molecular weight is 1090 g/mol. The fourth-order valence-electron chi connectivity index (χ4n) is 7.94. The predicted molar refractivity (Wildman–Crippen MR) is 316 cm³/mol. The van der Waals surface area contributed by atoms with E-state index in [-0.39, 0.29) is 25.9 Å². The molecule has 0 radical (unpaired) electrons. The van der Waals surface area contributed by atoms with Gasteiger partial charge in [0.05, 0.1) is 19.8 Å². The van der Waals surface area contributed by atoms with Crippen LogP contribution in [0.4, 0.5) is 0 Å². The van der Waals surface area contributed by atoms with Crippen molar-refractivity contribution in [2.75, 3.05) is 26.4 Å². The molecule has 76 heavy (non-hydrogen) atoms. The summed E-state index contributed by atoms with van der Waals surface area (Å²) in [4.78, 5) is 48.6. The number of phosphoric ester groups is 1. The summed E-state index contributed by atoms with van der Waals surface area (Å²) in [5.74, 6) is -1.50. The van der Waals surface area contributed by atoms with E-state index in [4.69, 9.17) is 23.3 Å². The Morgan fingerprint density at radius 1 is 0.382 bits per heavy atom. The molecule has 0 aromatic carbocycles. The van der Waals surface area contributed by atoms with Crippen molar-refractivity contribution < 1.29 is 52.2 Å². The molecule has 0 saturated heterocycles. The first-order valence-electron chi connectivity index (χ1n) is 30.1. The highest BCUT2D eigenvalue weighted by atomic mass is 31.2. The smallest absolute Gasteiger partial charge is 0.462 e. The Bertz CT molecular complexity index is 1640. The molecule has 0 amide bonds. The number of rotatable bonds is 55. The second-order valence-electron chi connectivity index (χ2n) is 19.7. The predicted octanol–water partition coefficient (Wildman–Crippen LogP) is 18.0. The van der Waals surface area contributed by atoms with Crippen LogP contribution in [-0.4, -0.2) is 66.5 Å². The quantitative estimate of drug-likeness (QED) is 0.0197. The maximum absolute atomic E-state index is 12.9. The lowest BCUT2D eigenvalue weighted by atomic mass is 10.1. The number of phosphoric acid groups is 1. The van der Waals surface area contributed by atoms with Crippen LogP contribution >= 0.6 is 7.82 Å². The van der Waals surface area contributed by atoms with Gasteiger partial charge in [-0.05, 0) is 116 Å². The van der Waals surface area contributed by atoms with Gasteiger partial charge in [0, 0.05) is 19.3 Å². The minimum absolute atomic E-state index is 0.145. The molecule has 0 aliphatic carbocycles. The van der Waals surface area contributed by atoms with Gasteiger partial charge in [-0.3, -0.25) is 23.4 Å². The molecule has 0 aliphatic rings. The van der Waals surface area contributed by atoms with Gasteiger partial charge in [-0.15, -0.1) is 0 Å². The van der Waals surface area contributed by atoms with E-state index in [2.05, 4.69) is 118 Å². The summed E-state index contributed by atoms with van der Waals surface area (Å²) in [7, 11) is -4.76. The van der Waals surface area contributed by atoms with E-state index >= 15 is 0 Å². The van der Waals surface area contributed by atoms with Gasteiger partial charge in [-0.2, -0.15) is 0 Å². The number of esters is 3. The summed E-state index contributed by atoms with van der Waals surface area (Å²) in [5, 5.41) is 9.82. The Morgan fingerprint density at radius 2 is 0.684 bits per heavy atom. The van der Waals surface area contributed by atoms with Crippen LogP contribution in [0.15, 0.2) is 97.2 Å². The number of aliphatic hydroxyl groups excluding tert-OH is 1. The number of carbonyl (C=O) groups excluding carboxylic acids is 3. The molecule has 0 saturated carbocycles. The molecule has 11 nitrogen and oxygen atoms in total. The highest BCUT2D eigenvalue weighted by molar-refractivity contribution is 7.47. The first kappa shape index (κ1) is 72.4. The number of hydrogen-bond donors (Lipinski definition) is 2. The molecule has 0 bridgehead atoms. The van der Waals surface area contributed by atoms with E-state index in [1.165, 1.54) is 38.5 Å². The lowest BCUT2D eigenvalue weighted by molar-refractivity contribution is -0.161. The number of allylic oxidation sites excluding steroid dienone is 16. The van der Waals surface area contributed by atoms with Crippen molar-refractivity contribution in [3.63, 3.8) is 0 Å². The average Bonchev–Trinajstić information content (AvgIpc) is 3.41. The molecular weight excluding hydrogens is 976 g/mol. The van der Waals surface area contributed by atoms with E-state index in [1.54, 1.807) is 0 Å². The first-order chi connectivity index (χ1) is 37.2. The minimum atomic E-state index is -4.76. The van der Waals surface area contributed by atoms with Gasteiger partial charge in [0.1, 0.15) is 12.7 Å². The molecule has 3 atom stereocenters. The molecule has 0 aliphatic heterocycles. The minimum Gasteiger partial charge on any atom is -0.462 e. The molecule has 0 spiro atoms. The third kappa shape index (κ3) is 55.2. The van der Waals surface area contributed by atoms with Gasteiger partial charge in [0.15, 0.2) is 6.10 Å². The van der Waals surface area contributed by atoms with Gasteiger partial charge >= 0.3 is 25.7 Å². The zero-order valence-corrected chi connectivity index (χ0v) is 49.1. The molecule has 0 heterocycles. The van der Waals surface area contributed by atoms with Crippen molar-refractivity contribution in [1.82, 2.24) is 0 Å². The third-order valence-electron chi connectivity index (χ3n) is 12.5. The molecular formula is C64H109O11P. The van der Waals surface area contributed by atoms with Crippen LogP contribution in [0.3, 0.4) is 0 Å². The van der Waals surface area contributed by atoms with E-state index in [9.17, 15) is 28.9 Å². The summed E-state index contributed by atoms with van der Waals surface area (Å²) in [6, 6.07) is 0. The standard InChI is InChI=1S/C64H109O11P/c1-4-7-10-13-16-19-22-25-27-29-30-32-34-37-40-43-46-49-52-55-64(68)75-61(57-71-62(66)53-50-47-44-41-38-36-33-31-28-26-23-20-17-14-11-8-5-2)59-73-76(69,70)72-58-60(56-65)74-63(67)54-51-48-45-42-39-35-24-21-18-15-12-9-6-3/h7-8,10-11,16-17,19-21,24-28,30,32,60-61,65H,4-6,9,12-15,18,22-23,29,31,33-59H2,1-3H3,(H,69,70)/b10-7-,11-8-,19-16-,20-17-,24-21-,27-25-,28-26-,32-30-. The summed E-state index contributed by atoms with van der Waals surface area (Å²) in [6.45, 7) is 4.38. The number of ether oxygens (including phenoxy) is 3. The van der Waals surface area contributed by atoms with Gasteiger partial charge in [-0.1, -0.05) is 214 Å². The number of unbranched alkanes of at least 4 members (excludes halogenated alkanes) is 22. The van der Waals surface area contributed by atoms with Crippen molar-refractivity contribution >= 4 is 25.7 Å². The molecule has 0 fully saturated rings. The largest absolute Gasteiger partial charge is 0.472 e.